The van der Waals surface area contributed by atoms with Crippen LogP contribution in [0.2, 0.25) is 0 Å². The Morgan fingerprint density at radius 1 is 1.04 bits per heavy atom. The monoisotopic (exact) mass is 363 g/mol. The molecule has 0 saturated heterocycles. The van der Waals surface area contributed by atoms with Gasteiger partial charge in [0.05, 0.1) is 0 Å². The van der Waals surface area contributed by atoms with Crippen LogP contribution in [0.4, 0.5) is 4.79 Å². The Hall–Kier alpha value is -2.04. The maximum Gasteiger partial charge on any atom is 0.407 e. The lowest BCUT2D eigenvalue weighted by molar-refractivity contribution is -0.134. The van der Waals surface area contributed by atoms with Crippen molar-refractivity contribution in [2.75, 3.05) is 6.54 Å². The molecule has 0 fully saturated rings. The van der Waals surface area contributed by atoms with E-state index in [1.54, 1.807) is 0 Å². The van der Waals surface area contributed by atoms with E-state index in [0.29, 0.717) is 18.7 Å². The average Bonchev–Trinajstić information content (AvgIpc) is 2.49. The molecule has 0 heterocycles. The highest BCUT2D eigenvalue weighted by Gasteiger charge is 2.18. The molecule has 5 heteroatoms. The second-order valence-corrected chi connectivity index (χ2v) is 8.08. The molecular formula is C21H33NO4. The molecule has 0 aliphatic rings. The predicted molar refractivity (Wildman–Crippen MR) is 104 cm³/mol. The largest absolute Gasteiger partial charge is 0.444 e. The van der Waals surface area contributed by atoms with Crippen molar-refractivity contribution in [2.45, 2.75) is 78.7 Å². The molecule has 0 aliphatic heterocycles. The number of benzene rings is 1. The first-order valence-electron chi connectivity index (χ1n) is 9.31. The van der Waals surface area contributed by atoms with Crippen LogP contribution in [0.1, 0.15) is 84.3 Å². The molecular weight excluding hydrogens is 330 g/mol. The number of esters is 1. The third-order valence-corrected chi connectivity index (χ3v) is 3.76. The van der Waals surface area contributed by atoms with Gasteiger partial charge < -0.3 is 14.8 Å². The summed E-state index contributed by atoms with van der Waals surface area (Å²) < 4.78 is 10.9. The van der Waals surface area contributed by atoms with E-state index in [1.807, 2.05) is 39.0 Å². The minimum absolute atomic E-state index is 0.236. The number of nitrogens with one attached hydrogen (secondary N) is 1. The minimum Gasteiger partial charge on any atom is -0.444 e. The quantitative estimate of drug-likeness (QED) is 0.414. The molecule has 1 amide bonds. The van der Waals surface area contributed by atoms with E-state index in [1.165, 1.54) is 0 Å². The summed E-state index contributed by atoms with van der Waals surface area (Å²) in [5.41, 5.74) is 1.55. The zero-order valence-corrected chi connectivity index (χ0v) is 17.1. The van der Waals surface area contributed by atoms with Crippen molar-refractivity contribution in [1.29, 1.82) is 0 Å². The SMILES string of the molecule is CC(C)c1cccc(C(C)C)c1OC(=O)CCCNC(=O)OC(C)(C)C. The first-order valence-corrected chi connectivity index (χ1v) is 9.31. The third kappa shape index (κ3) is 7.46. The number of carbonyl (C=O) groups is 2. The fourth-order valence-corrected chi connectivity index (χ4v) is 2.50. The van der Waals surface area contributed by atoms with Gasteiger partial charge in [-0.1, -0.05) is 45.9 Å². The summed E-state index contributed by atoms with van der Waals surface area (Å²) in [6, 6.07) is 6.01. The van der Waals surface area contributed by atoms with E-state index in [2.05, 4.69) is 33.0 Å². The van der Waals surface area contributed by atoms with Crippen LogP contribution in [-0.2, 0) is 9.53 Å². The van der Waals surface area contributed by atoms with Crippen molar-refractivity contribution in [1.82, 2.24) is 5.32 Å². The standard InChI is InChI=1S/C21H33NO4/c1-14(2)16-10-8-11-17(15(3)4)19(16)25-18(23)12-9-13-22-20(24)26-21(5,6)7/h8,10-11,14-15H,9,12-13H2,1-7H3,(H,22,24). The molecule has 0 aliphatic carbocycles. The molecule has 0 aromatic heterocycles. The summed E-state index contributed by atoms with van der Waals surface area (Å²) in [5.74, 6) is 0.935. The van der Waals surface area contributed by atoms with Crippen molar-refractivity contribution < 1.29 is 19.1 Å². The van der Waals surface area contributed by atoms with Crippen LogP contribution in [0.15, 0.2) is 18.2 Å². The highest BCUT2D eigenvalue weighted by molar-refractivity contribution is 5.73. The molecule has 0 spiro atoms. The van der Waals surface area contributed by atoms with Gasteiger partial charge in [0, 0.05) is 13.0 Å². The van der Waals surface area contributed by atoms with Crippen LogP contribution in [0.3, 0.4) is 0 Å². The van der Waals surface area contributed by atoms with Crippen molar-refractivity contribution in [3.8, 4) is 5.75 Å². The van der Waals surface area contributed by atoms with Crippen molar-refractivity contribution >= 4 is 12.1 Å². The van der Waals surface area contributed by atoms with Crippen molar-refractivity contribution in [3.63, 3.8) is 0 Å². The first-order chi connectivity index (χ1) is 12.0. The van der Waals surface area contributed by atoms with E-state index in [0.717, 1.165) is 11.1 Å². The fraction of sp³-hybridized carbons (Fsp3) is 0.619. The van der Waals surface area contributed by atoms with Crippen LogP contribution in [0.5, 0.6) is 5.75 Å². The summed E-state index contributed by atoms with van der Waals surface area (Å²) in [6.45, 7) is 14.1. The van der Waals surface area contributed by atoms with Crippen LogP contribution < -0.4 is 10.1 Å². The van der Waals surface area contributed by atoms with Gasteiger partial charge in [-0.3, -0.25) is 4.79 Å². The third-order valence-electron chi connectivity index (χ3n) is 3.76. The van der Waals surface area contributed by atoms with E-state index in [-0.39, 0.29) is 24.2 Å². The number of para-hydroxylation sites is 1. The Balaban J connectivity index is 2.60. The van der Waals surface area contributed by atoms with E-state index < -0.39 is 11.7 Å². The molecule has 146 valence electrons. The summed E-state index contributed by atoms with van der Waals surface area (Å²) in [5, 5.41) is 2.65. The molecule has 0 radical (unpaired) electrons. The lowest BCUT2D eigenvalue weighted by Gasteiger charge is -2.20. The number of hydrogen-bond acceptors (Lipinski definition) is 4. The molecule has 0 saturated carbocycles. The lowest BCUT2D eigenvalue weighted by atomic mass is 9.94. The van der Waals surface area contributed by atoms with Gasteiger partial charge in [-0.15, -0.1) is 0 Å². The second kappa shape index (κ2) is 9.60. The van der Waals surface area contributed by atoms with E-state index in [9.17, 15) is 9.59 Å². The number of rotatable bonds is 7. The number of carbonyl (C=O) groups excluding carboxylic acids is 2. The minimum atomic E-state index is -0.531. The second-order valence-electron chi connectivity index (χ2n) is 8.08. The topological polar surface area (TPSA) is 64.6 Å². The zero-order valence-electron chi connectivity index (χ0n) is 17.1. The van der Waals surface area contributed by atoms with Gasteiger partial charge in [0.25, 0.3) is 0 Å². The first kappa shape index (κ1) is 22.0. The molecule has 26 heavy (non-hydrogen) atoms. The molecule has 0 atom stereocenters. The molecule has 0 bridgehead atoms. The fourth-order valence-electron chi connectivity index (χ4n) is 2.50. The maximum absolute atomic E-state index is 12.3. The molecule has 1 N–H and O–H groups in total. The molecule has 5 nitrogen and oxygen atoms in total. The van der Waals surface area contributed by atoms with Crippen LogP contribution >= 0.6 is 0 Å². The van der Waals surface area contributed by atoms with Gasteiger partial charge in [0.15, 0.2) is 0 Å². The number of alkyl carbamates (subject to hydrolysis) is 1. The Morgan fingerprint density at radius 2 is 1.58 bits per heavy atom. The summed E-state index contributed by atoms with van der Waals surface area (Å²) in [4.78, 5) is 23.9. The lowest BCUT2D eigenvalue weighted by Crippen LogP contribution is -2.33. The van der Waals surface area contributed by atoms with E-state index >= 15 is 0 Å². The van der Waals surface area contributed by atoms with Gasteiger partial charge in [-0.2, -0.15) is 0 Å². The highest BCUT2D eigenvalue weighted by Crippen LogP contribution is 2.34. The molecule has 0 unspecified atom stereocenters. The summed E-state index contributed by atoms with van der Waals surface area (Å²) in [7, 11) is 0. The molecule has 1 aromatic carbocycles. The van der Waals surface area contributed by atoms with Gasteiger partial charge >= 0.3 is 12.1 Å². The van der Waals surface area contributed by atoms with Crippen LogP contribution in [-0.4, -0.2) is 24.2 Å². The Kier molecular flexibility index (Phi) is 8.12. The Morgan fingerprint density at radius 3 is 2.04 bits per heavy atom. The average molecular weight is 363 g/mol. The Labute approximate surface area is 157 Å². The van der Waals surface area contributed by atoms with Crippen LogP contribution in [0, 0.1) is 0 Å². The smallest absolute Gasteiger partial charge is 0.407 e. The number of amides is 1. The van der Waals surface area contributed by atoms with E-state index in [4.69, 9.17) is 9.47 Å². The van der Waals surface area contributed by atoms with Crippen molar-refractivity contribution in [2.24, 2.45) is 0 Å². The predicted octanol–water partition coefficient (Wildman–Crippen LogP) is 5.14. The van der Waals surface area contributed by atoms with Gasteiger partial charge in [0.1, 0.15) is 11.4 Å². The highest BCUT2D eigenvalue weighted by atomic mass is 16.6. The number of hydrogen-bond donors (Lipinski definition) is 1. The zero-order chi connectivity index (χ0) is 19.9. The Bertz CT molecular complexity index is 589. The molecule has 1 rings (SSSR count). The van der Waals surface area contributed by atoms with Gasteiger partial charge in [-0.05, 0) is 50.2 Å². The van der Waals surface area contributed by atoms with Crippen LogP contribution in [0.25, 0.3) is 0 Å². The maximum atomic E-state index is 12.3. The normalized spacial score (nSPS) is 11.6. The molecule has 1 aromatic rings. The number of ether oxygens (including phenoxy) is 2. The van der Waals surface area contributed by atoms with Crippen molar-refractivity contribution in [3.05, 3.63) is 29.3 Å². The van der Waals surface area contributed by atoms with Gasteiger partial charge in [0.2, 0.25) is 0 Å². The van der Waals surface area contributed by atoms with Gasteiger partial charge in [-0.25, -0.2) is 4.79 Å². The summed E-state index contributed by atoms with van der Waals surface area (Å²) in [6.07, 6.45) is 0.261. The summed E-state index contributed by atoms with van der Waals surface area (Å²) >= 11 is 0.